The molecule has 0 atom stereocenters. The Morgan fingerprint density at radius 3 is 1.63 bits per heavy atom. The number of phenols is 6. The second-order valence-corrected chi connectivity index (χ2v) is 4.92. The zero-order valence-electron chi connectivity index (χ0n) is 13.5. The van der Waals surface area contributed by atoms with Crippen LogP contribution >= 0.6 is 12.4 Å². The van der Waals surface area contributed by atoms with Gasteiger partial charge < -0.3 is 36.4 Å². The Morgan fingerprint density at radius 2 is 1.19 bits per heavy atom. The van der Waals surface area contributed by atoms with Gasteiger partial charge in [0.1, 0.15) is 0 Å². The Bertz CT molecular complexity index is 870. The van der Waals surface area contributed by atoms with Crippen molar-refractivity contribution in [1.82, 2.24) is 5.43 Å². The first-order valence-corrected chi connectivity index (χ1v) is 6.93. The van der Waals surface area contributed by atoms with Crippen LogP contribution in [-0.2, 0) is 0 Å². The first kappa shape index (κ1) is 21.2. The van der Waals surface area contributed by atoms with Crippen molar-refractivity contribution in [2.24, 2.45) is 21.0 Å². The summed E-state index contributed by atoms with van der Waals surface area (Å²) >= 11 is 0. The van der Waals surface area contributed by atoms with Crippen molar-refractivity contribution in [3.05, 3.63) is 35.4 Å². The molecule has 12 heteroatoms. The third-order valence-corrected chi connectivity index (χ3v) is 2.95. The fraction of sp³-hybridized carbons (Fsp3) is 0. The predicted molar refractivity (Wildman–Crippen MR) is 100 cm³/mol. The number of hydrazone groups is 1. The number of nitrogens with one attached hydrogen (secondary N) is 1. The molecule has 144 valence electrons. The molecule has 0 aliphatic carbocycles. The van der Waals surface area contributed by atoms with Crippen molar-refractivity contribution in [3.63, 3.8) is 0 Å². The van der Waals surface area contributed by atoms with Crippen LogP contribution in [0.15, 0.2) is 39.6 Å². The summed E-state index contributed by atoms with van der Waals surface area (Å²) in [5, 5.41) is 66.7. The number of halogens is 1. The molecule has 0 aromatic heterocycles. The molecule has 0 saturated carbocycles. The van der Waals surface area contributed by atoms with Crippen LogP contribution in [0.1, 0.15) is 11.1 Å². The first-order valence-electron chi connectivity index (χ1n) is 6.93. The number of hydrogen-bond acceptors (Lipinski definition) is 9. The molecule has 27 heavy (non-hydrogen) atoms. The molecular weight excluding hydrogens is 382 g/mol. The van der Waals surface area contributed by atoms with E-state index in [2.05, 4.69) is 20.7 Å². The van der Waals surface area contributed by atoms with E-state index in [1.165, 1.54) is 6.21 Å². The van der Waals surface area contributed by atoms with Gasteiger partial charge in [-0.25, -0.2) is 5.43 Å². The third kappa shape index (κ3) is 5.57. The molecule has 9 N–H and O–H groups in total. The van der Waals surface area contributed by atoms with E-state index >= 15 is 0 Å². The van der Waals surface area contributed by atoms with Crippen molar-refractivity contribution in [1.29, 1.82) is 0 Å². The molecule has 0 radical (unpaired) electrons. The van der Waals surface area contributed by atoms with Crippen molar-refractivity contribution in [2.45, 2.75) is 0 Å². The molecule has 0 fully saturated rings. The molecule has 2 aromatic carbocycles. The van der Waals surface area contributed by atoms with Gasteiger partial charge in [-0.1, -0.05) is 0 Å². The maximum Gasteiger partial charge on any atom is 0.234 e. The quantitative estimate of drug-likeness (QED) is 0.159. The van der Waals surface area contributed by atoms with Gasteiger partial charge >= 0.3 is 0 Å². The summed E-state index contributed by atoms with van der Waals surface area (Å²) in [7, 11) is 0. The fourth-order valence-electron chi connectivity index (χ4n) is 1.75. The molecule has 0 saturated heterocycles. The third-order valence-electron chi connectivity index (χ3n) is 2.95. The molecular formula is C15H16ClN5O6. The number of hydrogen-bond donors (Lipinski definition) is 8. The molecule has 11 nitrogen and oxygen atoms in total. The van der Waals surface area contributed by atoms with Crippen LogP contribution in [0.2, 0.25) is 0 Å². The molecule has 0 bridgehead atoms. The van der Waals surface area contributed by atoms with Crippen LogP contribution in [0.25, 0.3) is 0 Å². The number of nitrogens with two attached hydrogens (primary N) is 1. The summed E-state index contributed by atoms with van der Waals surface area (Å²) < 4.78 is 0. The Kier molecular flexibility index (Phi) is 7.07. The summed E-state index contributed by atoms with van der Waals surface area (Å²) in [6.07, 6.45) is 2.36. The number of aromatic hydroxyl groups is 6. The molecule has 2 rings (SSSR count). The van der Waals surface area contributed by atoms with Gasteiger partial charge in [0.05, 0.1) is 12.4 Å². The Labute approximate surface area is 158 Å². The average Bonchev–Trinajstić information content (AvgIpc) is 2.57. The van der Waals surface area contributed by atoms with E-state index in [1.807, 2.05) is 0 Å². The lowest BCUT2D eigenvalue weighted by atomic mass is 10.2. The second kappa shape index (κ2) is 9.01. The number of benzene rings is 2. The van der Waals surface area contributed by atoms with E-state index in [0.717, 1.165) is 30.5 Å². The largest absolute Gasteiger partial charge is 0.504 e. The van der Waals surface area contributed by atoms with E-state index in [9.17, 15) is 30.6 Å². The molecule has 0 heterocycles. The lowest BCUT2D eigenvalue weighted by Gasteiger charge is -2.02. The minimum absolute atomic E-state index is 0. The van der Waals surface area contributed by atoms with E-state index in [-0.39, 0.29) is 29.5 Å². The highest BCUT2D eigenvalue weighted by atomic mass is 35.5. The van der Waals surface area contributed by atoms with Crippen LogP contribution in [0.3, 0.4) is 0 Å². The van der Waals surface area contributed by atoms with Crippen molar-refractivity contribution in [3.8, 4) is 34.5 Å². The molecule has 0 amide bonds. The van der Waals surface area contributed by atoms with Gasteiger partial charge in [-0.15, -0.1) is 17.5 Å². The van der Waals surface area contributed by atoms with Gasteiger partial charge in [-0.2, -0.15) is 10.2 Å². The topological polar surface area (TPSA) is 197 Å². The molecule has 0 aliphatic rings. The number of rotatable bonds is 4. The van der Waals surface area contributed by atoms with E-state index in [1.54, 1.807) is 0 Å². The average molecular weight is 398 g/mol. The van der Waals surface area contributed by atoms with Crippen LogP contribution in [0.5, 0.6) is 34.5 Å². The Balaban J connectivity index is 0.00000364. The number of phenolic OH excluding ortho intramolecular Hbond substituents is 6. The molecule has 0 aliphatic heterocycles. The highest BCUT2D eigenvalue weighted by Gasteiger charge is 2.07. The lowest BCUT2D eigenvalue weighted by molar-refractivity contribution is 0.368. The lowest BCUT2D eigenvalue weighted by Crippen LogP contribution is -2.26. The maximum absolute atomic E-state index is 9.36. The summed E-state index contributed by atoms with van der Waals surface area (Å²) in [5.41, 5.74) is 8.36. The summed E-state index contributed by atoms with van der Waals surface area (Å²) in [6.45, 7) is 0. The molecule has 2 aromatic rings. The van der Waals surface area contributed by atoms with Crippen LogP contribution in [-0.4, -0.2) is 49.0 Å². The van der Waals surface area contributed by atoms with Crippen molar-refractivity contribution < 1.29 is 30.6 Å². The zero-order valence-corrected chi connectivity index (χ0v) is 14.3. The first-order chi connectivity index (χ1) is 12.3. The second-order valence-electron chi connectivity index (χ2n) is 4.92. The van der Waals surface area contributed by atoms with Gasteiger partial charge in [-0.3, -0.25) is 0 Å². The Morgan fingerprint density at radius 1 is 0.778 bits per heavy atom. The van der Waals surface area contributed by atoms with Gasteiger partial charge in [-0.05, 0) is 24.3 Å². The summed E-state index contributed by atoms with van der Waals surface area (Å²) in [5.74, 6) is -3.57. The van der Waals surface area contributed by atoms with Crippen molar-refractivity contribution >= 4 is 30.8 Å². The normalized spacial score (nSPS) is 11.6. The minimum Gasteiger partial charge on any atom is -0.504 e. The van der Waals surface area contributed by atoms with Crippen molar-refractivity contribution in [2.75, 3.05) is 0 Å². The minimum atomic E-state index is -0.646. The predicted octanol–water partition coefficient (Wildman–Crippen LogP) is 0.614. The molecule has 0 spiro atoms. The van der Waals surface area contributed by atoms with Gasteiger partial charge in [0.25, 0.3) is 0 Å². The monoisotopic (exact) mass is 397 g/mol. The molecule has 0 unspecified atom stereocenters. The SMILES string of the molecule is Cl.N/C(=N\N=C\c1cc(O)c(O)c(O)c1)N/N=C/c1cc(O)c(O)c(O)c1. The van der Waals surface area contributed by atoms with Crippen LogP contribution in [0, 0.1) is 0 Å². The van der Waals surface area contributed by atoms with Gasteiger partial charge in [0, 0.05) is 11.1 Å². The maximum atomic E-state index is 9.36. The van der Waals surface area contributed by atoms with Gasteiger partial charge in [0.15, 0.2) is 34.5 Å². The van der Waals surface area contributed by atoms with Gasteiger partial charge in [0.2, 0.25) is 5.96 Å². The summed E-state index contributed by atoms with van der Waals surface area (Å²) in [6, 6.07) is 4.63. The zero-order chi connectivity index (χ0) is 19.3. The van der Waals surface area contributed by atoms with E-state index < -0.39 is 34.5 Å². The highest BCUT2D eigenvalue weighted by Crippen LogP contribution is 2.35. The smallest absolute Gasteiger partial charge is 0.234 e. The fourth-order valence-corrected chi connectivity index (χ4v) is 1.75. The number of guanidine groups is 1. The summed E-state index contributed by atoms with van der Waals surface area (Å²) in [4.78, 5) is 0. The Hall–Kier alpha value is -3.86. The standard InChI is InChI=1S/C15H15N5O6.ClH/c16-15(19-17-5-7-1-9(21)13(25)10(22)2-7)20-18-6-8-3-11(23)14(26)12(24)4-8;/h1-6,21-26H,(H3,16,19,20);1H/b17-5+,18-6+;. The van der Waals surface area contributed by atoms with E-state index in [0.29, 0.717) is 0 Å². The number of nitrogens with zero attached hydrogens (tertiary/aromatic N) is 3. The van der Waals surface area contributed by atoms with Crippen LogP contribution < -0.4 is 11.2 Å². The van der Waals surface area contributed by atoms with Crippen LogP contribution in [0.4, 0.5) is 0 Å². The van der Waals surface area contributed by atoms with E-state index in [4.69, 9.17) is 5.73 Å². The highest BCUT2D eigenvalue weighted by molar-refractivity contribution is 5.86.